The van der Waals surface area contributed by atoms with Crippen LogP contribution in [0.3, 0.4) is 0 Å². The lowest BCUT2D eigenvalue weighted by Gasteiger charge is -2.23. The van der Waals surface area contributed by atoms with Crippen molar-refractivity contribution in [3.8, 4) is 6.19 Å². The number of H-pyrrole nitrogens is 1. The van der Waals surface area contributed by atoms with Gasteiger partial charge in [0, 0.05) is 23.5 Å². The van der Waals surface area contributed by atoms with Gasteiger partial charge in [-0.2, -0.15) is 5.26 Å². The van der Waals surface area contributed by atoms with Crippen LogP contribution in [-0.4, -0.2) is 36.1 Å². The molecule has 154 valence electrons. The normalized spacial score (nSPS) is 15.1. The SMILES string of the molecule is CCOC(=O)c1[nH]c2ccc(C)cc2c1CCN=C(NC#N)NC1CCCCC1. The molecule has 7 nitrogen and oxygen atoms in total. The molecular formula is C22H29N5O2. The van der Waals surface area contributed by atoms with E-state index in [0.717, 1.165) is 34.9 Å². The van der Waals surface area contributed by atoms with E-state index in [1.54, 1.807) is 6.92 Å². The number of aryl methyl sites for hydroxylation is 1. The summed E-state index contributed by atoms with van der Waals surface area (Å²) >= 11 is 0. The number of rotatable bonds is 6. The van der Waals surface area contributed by atoms with Crippen LogP contribution < -0.4 is 10.6 Å². The number of ether oxygens (including phenoxy) is 1. The third kappa shape index (κ3) is 5.29. The number of hydrogen-bond acceptors (Lipinski definition) is 4. The average molecular weight is 396 g/mol. The minimum absolute atomic E-state index is 0.326. The number of nitrogens with one attached hydrogen (secondary N) is 3. The lowest BCUT2D eigenvalue weighted by molar-refractivity contribution is 0.0519. The molecule has 0 radical (unpaired) electrons. The summed E-state index contributed by atoms with van der Waals surface area (Å²) in [7, 11) is 0. The number of carbonyl (C=O) groups excluding carboxylic acids is 1. The second-order valence-corrected chi connectivity index (χ2v) is 7.44. The van der Waals surface area contributed by atoms with E-state index in [0.29, 0.717) is 37.3 Å². The number of aliphatic imine (C=N–C) groups is 1. The Hall–Kier alpha value is -3.01. The topological polar surface area (TPSA) is 102 Å². The Bertz CT molecular complexity index is 919. The van der Waals surface area contributed by atoms with Gasteiger partial charge in [0.1, 0.15) is 5.69 Å². The predicted molar refractivity (Wildman–Crippen MR) is 114 cm³/mol. The molecule has 29 heavy (non-hydrogen) atoms. The van der Waals surface area contributed by atoms with Crippen molar-refractivity contribution in [2.45, 2.75) is 58.4 Å². The average Bonchev–Trinajstić information content (AvgIpc) is 3.07. The smallest absolute Gasteiger partial charge is 0.355 e. The minimum atomic E-state index is -0.351. The van der Waals surface area contributed by atoms with Crippen molar-refractivity contribution in [3.05, 3.63) is 35.0 Å². The number of fused-ring (bicyclic) bond motifs is 1. The van der Waals surface area contributed by atoms with Crippen molar-refractivity contribution >= 4 is 22.8 Å². The van der Waals surface area contributed by atoms with Crippen LogP contribution in [0.4, 0.5) is 0 Å². The highest BCUT2D eigenvalue weighted by Crippen LogP contribution is 2.25. The molecule has 3 rings (SSSR count). The Morgan fingerprint density at radius 3 is 2.86 bits per heavy atom. The third-order valence-corrected chi connectivity index (χ3v) is 5.29. The number of nitriles is 1. The van der Waals surface area contributed by atoms with Gasteiger partial charge in [0.15, 0.2) is 6.19 Å². The van der Waals surface area contributed by atoms with Gasteiger partial charge in [-0.25, -0.2) is 4.79 Å². The summed E-state index contributed by atoms with van der Waals surface area (Å²) in [5.41, 5.74) is 3.42. The maximum absolute atomic E-state index is 12.4. The fourth-order valence-corrected chi connectivity index (χ4v) is 3.89. The van der Waals surface area contributed by atoms with Crippen molar-refractivity contribution in [2.24, 2.45) is 4.99 Å². The quantitative estimate of drug-likeness (QED) is 0.228. The van der Waals surface area contributed by atoms with Crippen molar-refractivity contribution in [1.29, 1.82) is 5.26 Å². The van der Waals surface area contributed by atoms with E-state index in [2.05, 4.69) is 26.7 Å². The number of aromatic nitrogens is 1. The van der Waals surface area contributed by atoms with E-state index in [4.69, 9.17) is 10.00 Å². The second kappa shape index (κ2) is 9.97. The van der Waals surface area contributed by atoms with Crippen LogP contribution in [0.1, 0.15) is 60.6 Å². The summed E-state index contributed by atoms with van der Waals surface area (Å²) in [4.78, 5) is 20.2. The van der Waals surface area contributed by atoms with Gasteiger partial charge >= 0.3 is 5.97 Å². The van der Waals surface area contributed by atoms with Crippen LogP contribution in [0.5, 0.6) is 0 Å². The summed E-state index contributed by atoms with van der Waals surface area (Å²) < 4.78 is 5.22. The maximum Gasteiger partial charge on any atom is 0.355 e. The van der Waals surface area contributed by atoms with E-state index in [-0.39, 0.29) is 5.97 Å². The standard InChI is InChI=1S/C22H29N5O2/c1-3-29-21(28)20-17(18-13-15(2)9-10-19(18)27-20)11-12-24-22(25-14-23)26-16-7-5-4-6-8-16/h9-10,13,16,27H,3-8,11-12H2,1-2H3,(H2,24,25,26). The van der Waals surface area contributed by atoms with Gasteiger partial charge in [-0.15, -0.1) is 0 Å². The molecule has 0 saturated heterocycles. The number of esters is 1. The molecule has 0 atom stereocenters. The van der Waals surface area contributed by atoms with Crippen molar-refractivity contribution in [3.63, 3.8) is 0 Å². The molecule has 0 spiro atoms. The Balaban J connectivity index is 1.79. The highest BCUT2D eigenvalue weighted by Gasteiger charge is 2.19. The number of hydrogen-bond donors (Lipinski definition) is 3. The zero-order valence-corrected chi connectivity index (χ0v) is 17.2. The molecule has 0 amide bonds. The summed E-state index contributed by atoms with van der Waals surface area (Å²) in [6, 6.07) is 6.42. The lowest BCUT2D eigenvalue weighted by Crippen LogP contribution is -2.42. The molecule has 2 aromatic rings. The van der Waals surface area contributed by atoms with Crippen LogP contribution in [0, 0.1) is 18.4 Å². The van der Waals surface area contributed by atoms with Crippen molar-refractivity contribution < 1.29 is 9.53 Å². The Kier molecular flexibility index (Phi) is 7.12. The Morgan fingerprint density at radius 1 is 1.34 bits per heavy atom. The van der Waals surface area contributed by atoms with Gasteiger partial charge in [0.25, 0.3) is 0 Å². The molecule has 1 aromatic heterocycles. The molecule has 1 fully saturated rings. The number of benzene rings is 1. The van der Waals surface area contributed by atoms with Gasteiger partial charge in [-0.1, -0.05) is 30.9 Å². The molecule has 0 unspecified atom stereocenters. The third-order valence-electron chi connectivity index (χ3n) is 5.29. The van der Waals surface area contributed by atoms with Crippen LogP contribution in [0.2, 0.25) is 0 Å². The van der Waals surface area contributed by atoms with Gasteiger partial charge in [-0.05, 0) is 50.8 Å². The summed E-state index contributed by atoms with van der Waals surface area (Å²) in [6.45, 7) is 4.61. The summed E-state index contributed by atoms with van der Waals surface area (Å²) in [5.74, 6) is 0.157. The zero-order valence-electron chi connectivity index (χ0n) is 17.2. The minimum Gasteiger partial charge on any atom is -0.461 e. The Labute approximate surface area is 171 Å². The summed E-state index contributed by atoms with van der Waals surface area (Å²) in [6.07, 6.45) is 8.40. The van der Waals surface area contributed by atoms with Gasteiger partial charge < -0.3 is 15.0 Å². The number of aromatic amines is 1. The number of nitrogens with zero attached hydrogens (tertiary/aromatic N) is 2. The molecule has 1 heterocycles. The molecule has 3 N–H and O–H groups in total. The molecule has 0 aliphatic heterocycles. The van der Waals surface area contributed by atoms with E-state index < -0.39 is 0 Å². The van der Waals surface area contributed by atoms with E-state index >= 15 is 0 Å². The molecule has 0 bridgehead atoms. The molecule has 1 aliphatic rings. The fourth-order valence-electron chi connectivity index (χ4n) is 3.89. The van der Waals surface area contributed by atoms with Gasteiger partial charge in [0.05, 0.1) is 6.61 Å². The van der Waals surface area contributed by atoms with E-state index in [1.165, 1.54) is 19.3 Å². The number of carbonyl (C=O) groups is 1. The lowest BCUT2D eigenvalue weighted by atomic mass is 9.96. The van der Waals surface area contributed by atoms with Crippen molar-refractivity contribution in [2.75, 3.05) is 13.2 Å². The highest BCUT2D eigenvalue weighted by molar-refractivity contribution is 5.98. The molecular weight excluding hydrogens is 366 g/mol. The van der Waals surface area contributed by atoms with Gasteiger partial charge in [-0.3, -0.25) is 10.3 Å². The first kappa shape index (κ1) is 20.7. The number of guanidine groups is 1. The Morgan fingerprint density at radius 2 is 2.14 bits per heavy atom. The first-order valence-electron chi connectivity index (χ1n) is 10.4. The molecule has 1 saturated carbocycles. The van der Waals surface area contributed by atoms with Crippen LogP contribution in [0.15, 0.2) is 23.2 Å². The van der Waals surface area contributed by atoms with Crippen LogP contribution in [0.25, 0.3) is 10.9 Å². The predicted octanol–water partition coefficient (Wildman–Crippen LogP) is 3.54. The first-order chi connectivity index (χ1) is 14.1. The van der Waals surface area contributed by atoms with E-state index in [1.807, 2.05) is 25.2 Å². The van der Waals surface area contributed by atoms with E-state index in [9.17, 15) is 4.79 Å². The molecule has 1 aromatic carbocycles. The first-order valence-corrected chi connectivity index (χ1v) is 10.4. The zero-order chi connectivity index (χ0) is 20.6. The van der Waals surface area contributed by atoms with Crippen LogP contribution in [-0.2, 0) is 11.2 Å². The van der Waals surface area contributed by atoms with Gasteiger partial charge in [0.2, 0.25) is 5.96 Å². The van der Waals surface area contributed by atoms with Crippen LogP contribution >= 0.6 is 0 Å². The highest BCUT2D eigenvalue weighted by atomic mass is 16.5. The summed E-state index contributed by atoms with van der Waals surface area (Å²) in [5, 5.41) is 16.1. The second-order valence-electron chi connectivity index (χ2n) is 7.44. The fraction of sp³-hybridized carbons (Fsp3) is 0.500. The van der Waals surface area contributed by atoms with Crippen molar-refractivity contribution in [1.82, 2.24) is 15.6 Å². The maximum atomic E-state index is 12.4. The monoisotopic (exact) mass is 395 g/mol. The molecule has 1 aliphatic carbocycles. The largest absolute Gasteiger partial charge is 0.461 e. The molecule has 7 heteroatoms.